The summed E-state index contributed by atoms with van der Waals surface area (Å²) in [6.45, 7) is 5.87. The van der Waals surface area contributed by atoms with Crippen LogP contribution in [0.1, 0.15) is 37.5 Å². The molecule has 3 aromatic carbocycles. The second kappa shape index (κ2) is 13.3. The van der Waals surface area contributed by atoms with Crippen molar-refractivity contribution >= 4 is 46.8 Å². The fourth-order valence-electron chi connectivity index (χ4n) is 3.81. The van der Waals surface area contributed by atoms with Crippen LogP contribution in [0, 0.1) is 5.82 Å². The van der Waals surface area contributed by atoms with Crippen molar-refractivity contribution in [3.05, 3.63) is 105 Å². The molecule has 0 heterocycles. The Morgan fingerprint density at radius 2 is 1.59 bits per heavy atom. The Morgan fingerprint density at radius 3 is 2.24 bits per heavy atom. The van der Waals surface area contributed by atoms with E-state index in [2.05, 4.69) is 5.32 Å². The van der Waals surface area contributed by atoms with Gasteiger partial charge in [-0.1, -0.05) is 77.8 Å². The third-order valence-corrected chi connectivity index (χ3v) is 7.27. The van der Waals surface area contributed by atoms with Gasteiger partial charge in [-0.2, -0.15) is 0 Å². The molecule has 1 atom stereocenters. The minimum atomic E-state index is -0.775. The molecule has 4 nitrogen and oxygen atoms in total. The van der Waals surface area contributed by atoms with Crippen molar-refractivity contribution in [1.29, 1.82) is 0 Å². The number of nitrogens with one attached hydrogen (secondary N) is 1. The number of benzene rings is 3. The molecule has 0 aliphatic heterocycles. The van der Waals surface area contributed by atoms with Crippen LogP contribution in [0.2, 0.25) is 10.0 Å². The molecule has 3 aromatic rings. The number of amides is 2. The Balaban J connectivity index is 1.90. The zero-order chi connectivity index (χ0) is 27.0. The molecule has 1 N–H and O–H groups in total. The Labute approximate surface area is 232 Å². The van der Waals surface area contributed by atoms with E-state index in [1.54, 1.807) is 23.1 Å². The zero-order valence-corrected chi connectivity index (χ0v) is 23.5. The monoisotopic (exact) mass is 560 g/mol. The summed E-state index contributed by atoms with van der Waals surface area (Å²) >= 11 is 13.9. The molecular weight excluding hydrogens is 530 g/mol. The number of rotatable bonds is 10. The largest absolute Gasteiger partial charge is 0.350 e. The first-order valence-corrected chi connectivity index (χ1v) is 13.9. The topological polar surface area (TPSA) is 49.4 Å². The molecule has 0 aromatic heterocycles. The molecule has 0 spiro atoms. The van der Waals surface area contributed by atoms with Crippen LogP contribution in [0.4, 0.5) is 4.39 Å². The summed E-state index contributed by atoms with van der Waals surface area (Å²) in [5.74, 6) is -0.633. The van der Waals surface area contributed by atoms with Gasteiger partial charge in [-0.25, -0.2) is 4.39 Å². The molecule has 0 saturated carbocycles. The minimum Gasteiger partial charge on any atom is -0.350 e. The molecule has 2 amide bonds. The molecule has 3 rings (SSSR count). The second-order valence-electron chi connectivity index (χ2n) is 9.75. The number of carbonyl (C=O) groups excluding carboxylic acids is 2. The molecule has 0 radical (unpaired) electrons. The zero-order valence-electron chi connectivity index (χ0n) is 21.1. The van der Waals surface area contributed by atoms with E-state index in [-0.39, 0.29) is 29.9 Å². The molecule has 0 saturated heterocycles. The van der Waals surface area contributed by atoms with Crippen LogP contribution in [0.3, 0.4) is 0 Å². The maximum atomic E-state index is 14.2. The van der Waals surface area contributed by atoms with Gasteiger partial charge in [0.2, 0.25) is 11.8 Å². The van der Waals surface area contributed by atoms with E-state index in [9.17, 15) is 14.0 Å². The first kappa shape index (κ1) is 29.0. The Kier molecular flexibility index (Phi) is 10.4. The molecule has 0 aliphatic carbocycles. The van der Waals surface area contributed by atoms with E-state index in [1.807, 2.05) is 69.3 Å². The highest BCUT2D eigenvalue weighted by Crippen LogP contribution is 2.26. The van der Waals surface area contributed by atoms with Crippen molar-refractivity contribution in [1.82, 2.24) is 10.2 Å². The summed E-state index contributed by atoms with van der Waals surface area (Å²) in [7, 11) is 0. The number of halogens is 3. The van der Waals surface area contributed by atoms with Gasteiger partial charge in [0.25, 0.3) is 0 Å². The molecule has 37 heavy (non-hydrogen) atoms. The molecular formula is C29H31Cl2FN2O2S. The lowest BCUT2D eigenvalue weighted by molar-refractivity contribution is -0.140. The molecule has 0 aliphatic rings. The Bertz CT molecular complexity index is 1200. The van der Waals surface area contributed by atoms with Gasteiger partial charge in [-0.05, 0) is 50.1 Å². The number of nitrogens with zero attached hydrogens (tertiary/aromatic N) is 1. The number of thioether (sulfide) groups is 1. The molecule has 0 unspecified atom stereocenters. The van der Waals surface area contributed by atoms with Crippen LogP contribution in [0.5, 0.6) is 0 Å². The maximum Gasteiger partial charge on any atom is 0.243 e. The van der Waals surface area contributed by atoms with Crippen molar-refractivity contribution in [2.24, 2.45) is 0 Å². The normalized spacial score (nSPS) is 12.2. The van der Waals surface area contributed by atoms with E-state index in [0.29, 0.717) is 22.0 Å². The van der Waals surface area contributed by atoms with E-state index >= 15 is 0 Å². The van der Waals surface area contributed by atoms with Crippen LogP contribution in [-0.2, 0) is 28.3 Å². The SMILES string of the molecule is CC(C)(C)NC(=O)[C@H](Cc1ccccc1)N(Cc1ccccc1Cl)C(=O)CSCc1c(F)cccc1Cl. The Morgan fingerprint density at radius 1 is 0.946 bits per heavy atom. The fourth-order valence-corrected chi connectivity index (χ4v) is 5.26. The third-order valence-electron chi connectivity index (χ3n) is 5.60. The highest BCUT2D eigenvalue weighted by molar-refractivity contribution is 7.99. The van der Waals surface area contributed by atoms with Gasteiger partial charge in [0.05, 0.1) is 5.75 Å². The van der Waals surface area contributed by atoms with Gasteiger partial charge >= 0.3 is 0 Å². The highest BCUT2D eigenvalue weighted by Gasteiger charge is 2.32. The lowest BCUT2D eigenvalue weighted by Crippen LogP contribution is -2.54. The van der Waals surface area contributed by atoms with Gasteiger partial charge in [0, 0.05) is 39.9 Å². The summed E-state index contributed by atoms with van der Waals surface area (Å²) in [6.07, 6.45) is 0.336. The van der Waals surface area contributed by atoms with Crippen LogP contribution in [0.15, 0.2) is 72.8 Å². The average molecular weight is 562 g/mol. The summed E-state index contributed by atoms with van der Waals surface area (Å²) in [5.41, 5.74) is 1.54. The third kappa shape index (κ3) is 8.77. The fraction of sp³-hybridized carbons (Fsp3) is 0.310. The van der Waals surface area contributed by atoms with Crippen molar-refractivity contribution < 1.29 is 14.0 Å². The molecule has 196 valence electrons. The van der Waals surface area contributed by atoms with Gasteiger partial charge in [0.15, 0.2) is 0 Å². The molecule has 0 bridgehead atoms. The van der Waals surface area contributed by atoms with Crippen molar-refractivity contribution in [3.8, 4) is 0 Å². The van der Waals surface area contributed by atoms with Gasteiger partial charge in [0.1, 0.15) is 11.9 Å². The second-order valence-corrected chi connectivity index (χ2v) is 11.6. The van der Waals surface area contributed by atoms with Gasteiger partial charge < -0.3 is 10.2 Å². The van der Waals surface area contributed by atoms with E-state index in [1.165, 1.54) is 17.8 Å². The predicted molar refractivity (Wildman–Crippen MR) is 151 cm³/mol. The quantitative estimate of drug-likeness (QED) is 0.292. The highest BCUT2D eigenvalue weighted by atomic mass is 35.5. The first-order valence-electron chi connectivity index (χ1n) is 11.9. The Hall–Kier alpha value is -2.54. The van der Waals surface area contributed by atoms with Gasteiger partial charge in [-0.15, -0.1) is 11.8 Å². The predicted octanol–water partition coefficient (Wildman–Crippen LogP) is 6.92. The smallest absolute Gasteiger partial charge is 0.243 e. The van der Waals surface area contributed by atoms with E-state index in [4.69, 9.17) is 23.2 Å². The van der Waals surface area contributed by atoms with Crippen LogP contribution in [-0.4, -0.2) is 34.0 Å². The van der Waals surface area contributed by atoms with E-state index in [0.717, 1.165) is 11.1 Å². The number of hydrogen-bond donors (Lipinski definition) is 1. The maximum absolute atomic E-state index is 14.2. The summed E-state index contributed by atoms with van der Waals surface area (Å²) in [6, 6.07) is 20.6. The average Bonchev–Trinajstić information content (AvgIpc) is 2.83. The van der Waals surface area contributed by atoms with Crippen molar-refractivity contribution in [2.45, 2.75) is 51.1 Å². The van der Waals surface area contributed by atoms with Crippen molar-refractivity contribution in [2.75, 3.05) is 5.75 Å². The van der Waals surface area contributed by atoms with Crippen LogP contribution in [0.25, 0.3) is 0 Å². The van der Waals surface area contributed by atoms with Crippen LogP contribution < -0.4 is 5.32 Å². The number of hydrogen-bond acceptors (Lipinski definition) is 3. The van der Waals surface area contributed by atoms with Crippen molar-refractivity contribution in [3.63, 3.8) is 0 Å². The molecule has 8 heteroatoms. The number of carbonyl (C=O) groups is 2. The van der Waals surface area contributed by atoms with E-state index < -0.39 is 17.4 Å². The van der Waals surface area contributed by atoms with Crippen LogP contribution >= 0.6 is 35.0 Å². The standard InChI is InChI=1S/C29H31Cl2FN2O2S/c1-29(2,3)33-28(36)26(16-20-10-5-4-6-11-20)34(17-21-12-7-8-13-23(21)30)27(35)19-37-18-22-24(31)14-9-15-25(22)32/h4-15,26H,16-19H2,1-3H3,(H,33,36)/t26-/m0/s1. The lowest BCUT2D eigenvalue weighted by atomic mass is 10.0. The minimum absolute atomic E-state index is 0.0448. The van der Waals surface area contributed by atoms with Gasteiger partial charge in [-0.3, -0.25) is 9.59 Å². The summed E-state index contributed by atoms with van der Waals surface area (Å²) in [5, 5.41) is 3.87. The lowest BCUT2D eigenvalue weighted by Gasteiger charge is -2.34. The molecule has 0 fully saturated rings. The summed E-state index contributed by atoms with van der Waals surface area (Å²) in [4.78, 5) is 28.8. The first-order chi connectivity index (χ1) is 17.5. The summed E-state index contributed by atoms with van der Waals surface area (Å²) < 4.78 is 14.2.